The molecule has 3 nitrogen and oxygen atoms in total. The molecule has 0 radical (unpaired) electrons. The molecule has 112 valence electrons. The second-order valence-corrected chi connectivity index (χ2v) is 6.37. The van der Waals surface area contributed by atoms with Gasteiger partial charge in [-0.3, -0.25) is 0 Å². The van der Waals surface area contributed by atoms with E-state index in [9.17, 15) is 0 Å². The summed E-state index contributed by atoms with van der Waals surface area (Å²) in [6.45, 7) is 0. The molecule has 4 rings (SSSR count). The summed E-state index contributed by atoms with van der Waals surface area (Å²) in [5, 5.41) is 3.46. The third-order valence-electron chi connectivity index (χ3n) is 3.64. The molecule has 4 aromatic rings. The van der Waals surface area contributed by atoms with Crippen molar-refractivity contribution in [1.29, 1.82) is 0 Å². The van der Waals surface area contributed by atoms with Crippen LogP contribution in [-0.4, -0.2) is 9.97 Å². The molecular weight excluding hydrogens is 326 g/mol. The molecule has 0 bridgehead atoms. The second kappa shape index (κ2) is 5.65. The fourth-order valence-corrected chi connectivity index (χ4v) is 3.77. The number of nitrogens with two attached hydrogens (primary N) is 1. The third kappa shape index (κ3) is 2.56. The van der Waals surface area contributed by atoms with Crippen molar-refractivity contribution >= 4 is 38.8 Å². The molecule has 5 heteroatoms. The van der Waals surface area contributed by atoms with Crippen LogP contribution in [-0.2, 0) is 0 Å². The maximum Gasteiger partial charge on any atom is 0.162 e. The highest BCUT2D eigenvalue weighted by atomic mass is 35.5. The van der Waals surface area contributed by atoms with Crippen LogP contribution in [0.2, 0.25) is 5.15 Å². The fourth-order valence-electron chi connectivity index (χ4n) is 2.49. The van der Waals surface area contributed by atoms with Gasteiger partial charge in [-0.15, -0.1) is 11.3 Å². The highest BCUT2D eigenvalue weighted by molar-refractivity contribution is 7.17. The molecule has 2 heterocycles. The average molecular weight is 338 g/mol. The van der Waals surface area contributed by atoms with Crippen LogP contribution in [0.25, 0.3) is 32.7 Å². The summed E-state index contributed by atoms with van der Waals surface area (Å²) in [5.41, 5.74) is 9.52. The Labute approximate surface area is 142 Å². The molecule has 2 aromatic carbocycles. The topological polar surface area (TPSA) is 51.8 Å². The summed E-state index contributed by atoms with van der Waals surface area (Å²) < 4.78 is 0. The van der Waals surface area contributed by atoms with Gasteiger partial charge in [0.05, 0.1) is 5.39 Å². The van der Waals surface area contributed by atoms with E-state index >= 15 is 0 Å². The zero-order chi connectivity index (χ0) is 15.8. The highest BCUT2D eigenvalue weighted by Crippen LogP contribution is 2.37. The summed E-state index contributed by atoms with van der Waals surface area (Å²) in [6.07, 6.45) is 0. The van der Waals surface area contributed by atoms with Crippen molar-refractivity contribution in [2.24, 2.45) is 0 Å². The molecule has 0 unspecified atom stereocenters. The summed E-state index contributed by atoms with van der Waals surface area (Å²) in [7, 11) is 0. The molecule has 23 heavy (non-hydrogen) atoms. The number of fused-ring (bicyclic) bond motifs is 1. The van der Waals surface area contributed by atoms with Crippen LogP contribution < -0.4 is 5.73 Å². The largest absolute Gasteiger partial charge is 0.399 e. The summed E-state index contributed by atoms with van der Waals surface area (Å²) in [6, 6.07) is 17.6. The van der Waals surface area contributed by atoms with E-state index in [-0.39, 0.29) is 0 Å². The first kappa shape index (κ1) is 14.2. The van der Waals surface area contributed by atoms with Gasteiger partial charge in [-0.25, -0.2) is 9.97 Å². The lowest BCUT2D eigenvalue weighted by atomic mass is 10.1. The number of hydrogen-bond donors (Lipinski definition) is 1. The first-order valence-corrected chi connectivity index (χ1v) is 8.34. The van der Waals surface area contributed by atoms with Crippen molar-refractivity contribution in [3.8, 4) is 22.5 Å². The number of aromatic nitrogens is 2. The Bertz CT molecular complexity index is 979. The molecule has 0 aliphatic carbocycles. The van der Waals surface area contributed by atoms with Crippen LogP contribution in [0.3, 0.4) is 0 Å². The fraction of sp³-hybridized carbons (Fsp3) is 0. The quantitative estimate of drug-likeness (QED) is 0.401. The van der Waals surface area contributed by atoms with E-state index in [1.165, 1.54) is 0 Å². The van der Waals surface area contributed by atoms with Crippen molar-refractivity contribution in [2.45, 2.75) is 0 Å². The summed E-state index contributed by atoms with van der Waals surface area (Å²) in [5.74, 6) is 0.615. The summed E-state index contributed by atoms with van der Waals surface area (Å²) >= 11 is 8.05. The number of halogens is 1. The number of hydrogen-bond acceptors (Lipinski definition) is 4. The minimum absolute atomic E-state index is 0.474. The van der Waals surface area contributed by atoms with Crippen molar-refractivity contribution in [3.05, 3.63) is 65.1 Å². The summed E-state index contributed by atoms with van der Waals surface area (Å²) in [4.78, 5) is 10.0. The number of rotatable bonds is 2. The molecule has 0 saturated carbocycles. The monoisotopic (exact) mass is 337 g/mol. The van der Waals surface area contributed by atoms with Gasteiger partial charge in [-0.05, 0) is 29.8 Å². The van der Waals surface area contributed by atoms with Crippen molar-refractivity contribution in [1.82, 2.24) is 9.97 Å². The maximum atomic E-state index is 6.47. The second-order valence-electron chi connectivity index (χ2n) is 5.16. The molecule has 2 aromatic heterocycles. The highest BCUT2D eigenvalue weighted by Gasteiger charge is 2.14. The van der Waals surface area contributed by atoms with Crippen molar-refractivity contribution in [2.75, 3.05) is 5.73 Å². The minimum Gasteiger partial charge on any atom is -0.399 e. The molecular formula is C18H12ClN3S. The lowest BCUT2D eigenvalue weighted by Gasteiger charge is -2.04. The number of benzene rings is 2. The molecule has 2 N–H and O–H groups in total. The van der Waals surface area contributed by atoms with E-state index in [2.05, 4.69) is 27.5 Å². The molecule has 0 atom stereocenters. The Morgan fingerprint density at radius 1 is 0.870 bits per heavy atom. The Morgan fingerprint density at radius 3 is 2.35 bits per heavy atom. The van der Waals surface area contributed by atoms with Crippen LogP contribution in [0.4, 0.5) is 5.69 Å². The van der Waals surface area contributed by atoms with E-state index < -0.39 is 0 Å². The van der Waals surface area contributed by atoms with Gasteiger partial charge < -0.3 is 5.73 Å². The van der Waals surface area contributed by atoms with Gasteiger partial charge in [0.2, 0.25) is 0 Å². The van der Waals surface area contributed by atoms with Gasteiger partial charge in [0.1, 0.15) is 9.98 Å². The molecule has 0 aliphatic heterocycles. The van der Waals surface area contributed by atoms with Crippen molar-refractivity contribution < 1.29 is 0 Å². The first-order chi connectivity index (χ1) is 11.2. The van der Waals surface area contributed by atoms with Gasteiger partial charge in [0, 0.05) is 22.2 Å². The number of anilines is 1. The first-order valence-electron chi connectivity index (χ1n) is 7.08. The Morgan fingerprint density at radius 2 is 1.61 bits per heavy atom. The zero-order valence-corrected chi connectivity index (χ0v) is 13.6. The van der Waals surface area contributed by atoms with Gasteiger partial charge in [-0.1, -0.05) is 41.9 Å². The molecule has 0 amide bonds. The van der Waals surface area contributed by atoms with Crippen LogP contribution in [0.5, 0.6) is 0 Å². The predicted octanol–water partition coefficient (Wildman–Crippen LogP) is 5.26. The standard InChI is InChI=1S/C18H12ClN3S/c19-16-15-14(11-4-2-1-3-5-11)10-23-18(15)22-17(21-16)12-6-8-13(20)9-7-12/h1-10H,20H2. The third-order valence-corrected chi connectivity index (χ3v) is 4.79. The van der Waals surface area contributed by atoms with Crippen LogP contribution in [0, 0.1) is 0 Å². The number of nitrogen functional groups attached to an aromatic ring is 1. The lowest BCUT2D eigenvalue weighted by molar-refractivity contribution is 1.24. The van der Waals surface area contributed by atoms with E-state index in [1.54, 1.807) is 11.3 Å². The molecule has 0 saturated heterocycles. The molecule has 0 fully saturated rings. The Balaban J connectivity index is 1.89. The van der Waals surface area contributed by atoms with E-state index in [1.807, 2.05) is 42.5 Å². The van der Waals surface area contributed by atoms with Crippen LogP contribution in [0.1, 0.15) is 0 Å². The van der Waals surface area contributed by atoms with Gasteiger partial charge in [0.25, 0.3) is 0 Å². The molecule has 0 aliphatic rings. The van der Waals surface area contributed by atoms with Crippen molar-refractivity contribution in [3.63, 3.8) is 0 Å². The zero-order valence-electron chi connectivity index (χ0n) is 12.0. The average Bonchev–Trinajstić information content (AvgIpc) is 3.01. The molecule has 0 spiro atoms. The maximum absolute atomic E-state index is 6.47. The van der Waals surface area contributed by atoms with Crippen LogP contribution in [0.15, 0.2) is 60.0 Å². The van der Waals surface area contributed by atoms with Gasteiger partial charge in [0.15, 0.2) is 5.82 Å². The number of thiophene rings is 1. The minimum atomic E-state index is 0.474. The number of nitrogens with zero attached hydrogens (tertiary/aromatic N) is 2. The van der Waals surface area contributed by atoms with Gasteiger partial charge >= 0.3 is 0 Å². The van der Waals surface area contributed by atoms with E-state index in [4.69, 9.17) is 17.3 Å². The Hall–Kier alpha value is -2.43. The van der Waals surface area contributed by atoms with E-state index in [0.717, 1.165) is 26.9 Å². The lowest BCUT2D eigenvalue weighted by Crippen LogP contribution is -1.91. The Kier molecular flexibility index (Phi) is 3.48. The van der Waals surface area contributed by atoms with Gasteiger partial charge in [-0.2, -0.15) is 0 Å². The predicted molar refractivity (Wildman–Crippen MR) is 97.7 cm³/mol. The van der Waals surface area contributed by atoms with E-state index in [0.29, 0.717) is 16.7 Å². The SMILES string of the molecule is Nc1ccc(-c2nc(Cl)c3c(-c4ccccc4)csc3n2)cc1. The smallest absolute Gasteiger partial charge is 0.162 e. The van der Waals surface area contributed by atoms with Crippen LogP contribution >= 0.6 is 22.9 Å². The normalized spacial score (nSPS) is 11.0.